The lowest BCUT2D eigenvalue weighted by molar-refractivity contribution is -0.140. The molecule has 0 bridgehead atoms. The molecule has 1 aromatic rings. The smallest absolute Gasteiger partial charge is 0.305 e. The van der Waals surface area contributed by atoms with Gasteiger partial charge in [0.15, 0.2) is 18.2 Å². The number of esters is 1. The molecule has 1 rings (SSSR count). The molecule has 0 saturated heterocycles. The normalized spacial score (nSPS) is 9.95. The number of methoxy groups -OCH3 is 1. The number of benzene rings is 1. The third-order valence-electron chi connectivity index (χ3n) is 2.36. The summed E-state index contributed by atoms with van der Waals surface area (Å²) in [5.74, 6) is -2.61. The molecule has 0 aliphatic rings. The number of halogens is 2. The lowest BCUT2D eigenvalue weighted by Gasteiger charge is -2.08. The summed E-state index contributed by atoms with van der Waals surface area (Å²) in [5.41, 5.74) is 0. The largest absolute Gasteiger partial charge is 0.481 e. The van der Waals surface area contributed by atoms with Crippen LogP contribution in [0.15, 0.2) is 18.2 Å². The van der Waals surface area contributed by atoms with Gasteiger partial charge in [-0.3, -0.25) is 9.59 Å². The van der Waals surface area contributed by atoms with Crippen LogP contribution in [0, 0.1) is 11.6 Å². The molecule has 20 heavy (non-hydrogen) atoms. The average molecular weight is 287 g/mol. The predicted molar refractivity (Wildman–Crippen MR) is 66.1 cm³/mol. The van der Waals surface area contributed by atoms with Crippen molar-refractivity contribution in [1.82, 2.24) is 5.32 Å². The first kappa shape index (κ1) is 15.9. The highest BCUT2D eigenvalue weighted by Crippen LogP contribution is 2.17. The van der Waals surface area contributed by atoms with E-state index in [-0.39, 0.29) is 31.3 Å². The number of rotatable bonds is 7. The molecule has 1 amide bonds. The van der Waals surface area contributed by atoms with Crippen molar-refractivity contribution in [3.05, 3.63) is 29.8 Å². The van der Waals surface area contributed by atoms with Gasteiger partial charge in [-0.25, -0.2) is 8.78 Å². The van der Waals surface area contributed by atoms with E-state index in [1.807, 2.05) is 0 Å². The SMILES string of the molecule is COC(=O)CCCNC(=O)COc1ccc(F)cc1F. The van der Waals surface area contributed by atoms with Crippen molar-refractivity contribution in [1.29, 1.82) is 0 Å². The quantitative estimate of drug-likeness (QED) is 0.608. The van der Waals surface area contributed by atoms with Gasteiger partial charge < -0.3 is 14.8 Å². The number of carbonyl (C=O) groups excluding carboxylic acids is 2. The minimum atomic E-state index is -0.872. The predicted octanol–water partition coefficient (Wildman–Crippen LogP) is 1.41. The third-order valence-corrected chi connectivity index (χ3v) is 2.36. The van der Waals surface area contributed by atoms with Gasteiger partial charge in [0.25, 0.3) is 5.91 Å². The Morgan fingerprint density at radius 3 is 2.70 bits per heavy atom. The van der Waals surface area contributed by atoms with E-state index < -0.39 is 17.5 Å². The number of nitrogens with one attached hydrogen (secondary N) is 1. The molecule has 0 atom stereocenters. The van der Waals surface area contributed by atoms with Gasteiger partial charge in [0.05, 0.1) is 7.11 Å². The van der Waals surface area contributed by atoms with Crippen LogP contribution in [-0.2, 0) is 14.3 Å². The summed E-state index contributed by atoms with van der Waals surface area (Å²) in [4.78, 5) is 22.2. The number of amides is 1. The summed E-state index contributed by atoms with van der Waals surface area (Å²) in [7, 11) is 1.28. The number of carbonyl (C=O) groups is 2. The monoisotopic (exact) mass is 287 g/mol. The summed E-state index contributed by atoms with van der Waals surface area (Å²) in [5, 5.41) is 2.49. The first-order valence-corrected chi connectivity index (χ1v) is 5.94. The molecule has 0 spiro atoms. The minimum Gasteiger partial charge on any atom is -0.481 e. The van der Waals surface area contributed by atoms with Crippen molar-refractivity contribution >= 4 is 11.9 Å². The molecule has 0 unspecified atom stereocenters. The van der Waals surface area contributed by atoms with Gasteiger partial charge in [-0.2, -0.15) is 0 Å². The van der Waals surface area contributed by atoms with E-state index in [0.29, 0.717) is 12.5 Å². The number of hydrogen-bond acceptors (Lipinski definition) is 4. The van der Waals surface area contributed by atoms with Crippen LogP contribution in [0.5, 0.6) is 5.75 Å². The van der Waals surface area contributed by atoms with E-state index in [4.69, 9.17) is 4.74 Å². The maximum absolute atomic E-state index is 13.2. The van der Waals surface area contributed by atoms with Crippen molar-refractivity contribution in [2.24, 2.45) is 0 Å². The second-order valence-corrected chi connectivity index (χ2v) is 3.89. The van der Waals surface area contributed by atoms with E-state index in [1.54, 1.807) is 0 Å². The van der Waals surface area contributed by atoms with Crippen LogP contribution in [0.1, 0.15) is 12.8 Å². The van der Waals surface area contributed by atoms with Gasteiger partial charge in [-0.1, -0.05) is 0 Å². The Bertz CT molecular complexity index is 479. The fraction of sp³-hybridized carbons (Fsp3) is 0.385. The topological polar surface area (TPSA) is 64.6 Å². The highest BCUT2D eigenvalue weighted by atomic mass is 19.1. The second kappa shape index (κ2) is 8.08. The Labute approximate surface area is 114 Å². The summed E-state index contributed by atoms with van der Waals surface area (Å²) in [6, 6.07) is 2.81. The maximum Gasteiger partial charge on any atom is 0.305 e. The zero-order valence-corrected chi connectivity index (χ0v) is 10.9. The van der Waals surface area contributed by atoms with E-state index in [2.05, 4.69) is 10.1 Å². The summed E-state index contributed by atoms with van der Waals surface area (Å²) in [6.45, 7) is -0.107. The van der Waals surface area contributed by atoms with Crippen LogP contribution >= 0.6 is 0 Å². The van der Waals surface area contributed by atoms with Gasteiger partial charge in [0.1, 0.15) is 5.82 Å². The van der Waals surface area contributed by atoms with Crippen molar-refractivity contribution in [2.45, 2.75) is 12.8 Å². The van der Waals surface area contributed by atoms with Crippen LogP contribution in [0.25, 0.3) is 0 Å². The van der Waals surface area contributed by atoms with E-state index in [1.165, 1.54) is 7.11 Å². The van der Waals surface area contributed by atoms with Crippen LogP contribution in [0.4, 0.5) is 8.78 Å². The molecule has 110 valence electrons. The maximum atomic E-state index is 13.2. The van der Waals surface area contributed by atoms with E-state index in [9.17, 15) is 18.4 Å². The molecule has 5 nitrogen and oxygen atoms in total. The van der Waals surface area contributed by atoms with Crippen molar-refractivity contribution in [3.8, 4) is 5.75 Å². The molecular weight excluding hydrogens is 272 g/mol. The van der Waals surface area contributed by atoms with Crippen molar-refractivity contribution in [2.75, 3.05) is 20.3 Å². The third kappa shape index (κ3) is 5.64. The summed E-state index contributed by atoms with van der Waals surface area (Å²) >= 11 is 0. The summed E-state index contributed by atoms with van der Waals surface area (Å²) in [6.07, 6.45) is 0.632. The zero-order chi connectivity index (χ0) is 15.0. The fourth-order valence-electron chi connectivity index (χ4n) is 1.35. The van der Waals surface area contributed by atoms with Crippen molar-refractivity contribution in [3.63, 3.8) is 0 Å². The van der Waals surface area contributed by atoms with Crippen LogP contribution in [-0.4, -0.2) is 32.1 Å². The van der Waals surface area contributed by atoms with Gasteiger partial charge in [0, 0.05) is 19.0 Å². The molecule has 0 radical (unpaired) electrons. The Kier molecular flexibility index (Phi) is 6.42. The molecule has 7 heteroatoms. The van der Waals surface area contributed by atoms with E-state index >= 15 is 0 Å². The molecule has 1 aromatic carbocycles. The van der Waals surface area contributed by atoms with E-state index in [0.717, 1.165) is 12.1 Å². The molecule has 0 fully saturated rings. The van der Waals surface area contributed by atoms with Gasteiger partial charge >= 0.3 is 5.97 Å². The second-order valence-electron chi connectivity index (χ2n) is 3.89. The number of hydrogen-bond donors (Lipinski definition) is 1. The van der Waals surface area contributed by atoms with Crippen LogP contribution in [0.3, 0.4) is 0 Å². The molecular formula is C13H15F2NO4. The van der Waals surface area contributed by atoms with Crippen LogP contribution < -0.4 is 10.1 Å². The lowest BCUT2D eigenvalue weighted by atomic mass is 10.3. The standard InChI is InChI=1S/C13H15F2NO4/c1-19-13(18)3-2-6-16-12(17)8-20-11-5-4-9(14)7-10(11)15/h4-5,7H,2-3,6,8H2,1H3,(H,16,17). The van der Waals surface area contributed by atoms with Gasteiger partial charge in [0.2, 0.25) is 0 Å². The fourth-order valence-corrected chi connectivity index (χ4v) is 1.35. The Morgan fingerprint density at radius 2 is 2.05 bits per heavy atom. The molecule has 0 heterocycles. The van der Waals surface area contributed by atoms with Crippen LogP contribution in [0.2, 0.25) is 0 Å². The molecule has 0 saturated carbocycles. The Morgan fingerprint density at radius 1 is 1.30 bits per heavy atom. The molecule has 0 aliphatic heterocycles. The Hall–Kier alpha value is -2.18. The minimum absolute atomic E-state index is 0.198. The highest BCUT2D eigenvalue weighted by Gasteiger charge is 2.08. The molecule has 0 aromatic heterocycles. The first-order valence-electron chi connectivity index (χ1n) is 5.94. The highest BCUT2D eigenvalue weighted by molar-refractivity contribution is 5.77. The summed E-state index contributed by atoms with van der Waals surface area (Å²) < 4.78 is 35.2. The van der Waals surface area contributed by atoms with Crippen molar-refractivity contribution < 1.29 is 27.8 Å². The lowest BCUT2D eigenvalue weighted by Crippen LogP contribution is -2.30. The Balaban J connectivity index is 2.24. The van der Waals surface area contributed by atoms with Gasteiger partial charge in [-0.15, -0.1) is 0 Å². The average Bonchev–Trinajstić information content (AvgIpc) is 2.42. The molecule has 1 N–H and O–H groups in total. The number of ether oxygens (including phenoxy) is 2. The van der Waals surface area contributed by atoms with Gasteiger partial charge in [-0.05, 0) is 18.6 Å². The zero-order valence-electron chi connectivity index (χ0n) is 10.9. The molecule has 0 aliphatic carbocycles. The first-order chi connectivity index (χ1) is 9.52.